The van der Waals surface area contributed by atoms with Gasteiger partial charge in [0.25, 0.3) is 5.91 Å². The van der Waals surface area contributed by atoms with Crippen LogP contribution >= 0.6 is 0 Å². The molecule has 1 aromatic rings. The normalized spacial score (nSPS) is 23.7. The van der Waals surface area contributed by atoms with Crippen molar-refractivity contribution in [1.82, 2.24) is 0 Å². The van der Waals surface area contributed by atoms with Gasteiger partial charge in [-0.05, 0) is 57.4 Å². The van der Waals surface area contributed by atoms with Gasteiger partial charge in [-0.15, -0.1) is 0 Å². The van der Waals surface area contributed by atoms with Gasteiger partial charge < -0.3 is 19.9 Å². The second-order valence-corrected chi connectivity index (χ2v) is 7.99. The number of rotatable bonds is 6. The van der Waals surface area contributed by atoms with Crippen LogP contribution in [0.2, 0.25) is 0 Å². The third-order valence-corrected chi connectivity index (χ3v) is 6.11. The summed E-state index contributed by atoms with van der Waals surface area (Å²) in [6.45, 7) is 8.13. The number of ether oxygens (including phenoxy) is 1. The average Bonchev–Trinajstić information content (AvgIpc) is 2.74. The molecule has 6 heteroatoms. The molecule has 2 heterocycles. The van der Waals surface area contributed by atoms with Crippen molar-refractivity contribution in [2.75, 3.05) is 43.0 Å². The number of hydrogen-bond acceptors (Lipinski definition) is 4. The first-order valence-electron chi connectivity index (χ1n) is 10.8. The van der Waals surface area contributed by atoms with Gasteiger partial charge in [0.1, 0.15) is 0 Å². The lowest BCUT2D eigenvalue weighted by atomic mass is 9.96. The van der Waals surface area contributed by atoms with Crippen LogP contribution in [0.3, 0.4) is 0 Å². The Morgan fingerprint density at radius 2 is 1.79 bits per heavy atom. The standard InChI is InChI=1S/C22H33N3O3/c1-3-28-22(27)18-11-15-24(16-12-18)17(2)21(26)23-19-7-9-20(10-8-19)25-13-5-4-6-14-25/h7-10,17-18H,3-6,11-16H2,1-2H3,(H,23,26)/p+1/t17-/m1/s1. The zero-order valence-corrected chi connectivity index (χ0v) is 17.2. The number of carbonyl (C=O) groups excluding carboxylic acids is 2. The van der Waals surface area contributed by atoms with Crippen molar-refractivity contribution in [2.45, 2.75) is 52.0 Å². The van der Waals surface area contributed by atoms with E-state index in [-0.39, 0.29) is 23.8 Å². The van der Waals surface area contributed by atoms with Crippen molar-refractivity contribution in [3.8, 4) is 0 Å². The molecule has 0 bridgehead atoms. The Balaban J connectivity index is 1.48. The smallest absolute Gasteiger partial charge is 0.309 e. The SMILES string of the molecule is CCOC(=O)C1CC[NH+]([C@H](C)C(=O)Nc2ccc(N3CCCCC3)cc2)CC1. The fourth-order valence-corrected chi connectivity index (χ4v) is 4.26. The van der Waals surface area contributed by atoms with Crippen LogP contribution in [-0.2, 0) is 14.3 Å². The molecular formula is C22H34N3O3+. The van der Waals surface area contributed by atoms with Gasteiger partial charge in [-0.2, -0.15) is 0 Å². The Hall–Kier alpha value is -2.08. The van der Waals surface area contributed by atoms with E-state index in [1.165, 1.54) is 29.8 Å². The fraction of sp³-hybridized carbons (Fsp3) is 0.636. The maximum Gasteiger partial charge on any atom is 0.309 e. The zero-order chi connectivity index (χ0) is 19.9. The maximum absolute atomic E-state index is 12.7. The first kappa shape index (κ1) is 20.6. The number of benzene rings is 1. The number of esters is 1. The summed E-state index contributed by atoms with van der Waals surface area (Å²) in [5.41, 5.74) is 2.08. The van der Waals surface area contributed by atoms with Gasteiger partial charge in [-0.25, -0.2) is 0 Å². The number of carbonyl (C=O) groups is 2. The molecule has 6 nitrogen and oxygen atoms in total. The lowest BCUT2D eigenvalue weighted by Gasteiger charge is -2.31. The van der Waals surface area contributed by atoms with E-state index < -0.39 is 0 Å². The molecule has 2 N–H and O–H groups in total. The number of amides is 1. The van der Waals surface area contributed by atoms with E-state index in [1.54, 1.807) is 0 Å². The molecule has 1 aromatic carbocycles. The van der Waals surface area contributed by atoms with Crippen molar-refractivity contribution >= 4 is 23.3 Å². The summed E-state index contributed by atoms with van der Waals surface area (Å²) in [4.78, 5) is 28.2. The summed E-state index contributed by atoms with van der Waals surface area (Å²) in [6, 6.07) is 8.06. The van der Waals surface area contributed by atoms with Crippen LogP contribution in [0, 0.1) is 5.92 Å². The highest BCUT2D eigenvalue weighted by atomic mass is 16.5. The summed E-state index contributed by atoms with van der Waals surface area (Å²) in [5, 5.41) is 3.05. The molecule has 0 unspecified atom stereocenters. The quantitative estimate of drug-likeness (QED) is 0.731. The third-order valence-electron chi connectivity index (χ3n) is 6.11. The minimum Gasteiger partial charge on any atom is -0.466 e. The Morgan fingerprint density at radius 3 is 2.39 bits per heavy atom. The fourth-order valence-electron chi connectivity index (χ4n) is 4.26. The number of nitrogens with one attached hydrogen (secondary N) is 2. The summed E-state index contributed by atoms with van der Waals surface area (Å²) in [7, 11) is 0. The van der Waals surface area contributed by atoms with Crippen LogP contribution in [0.5, 0.6) is 0 Å². The van der Waals surface area contributed by atoms with E-state index in [1.807, 2.05) is 26.0 Å². The number of hydrogen-bond donors (Lipinski definition) is 2. The van der Waals surface area contributed by atoms with Gasteiger partial charge in [0.05, 0.1) is 25.6 Å². The van der Waals surface area contributed by atoms with Crippen molar-refractivity contribution in [3.63, 3.8) is 0 Å². The zero-order valence-electron chi connectivity index (χ0n) is 17.2. The number of anilines is 2. The second kappa shape index (κ2) is 9.92. The van der Waals surface area contributed by atoms with Crippen molar-refractivity contribution in [1.29, 1.82) is 0 Å². The Kier molecular flexibility index (Phi) is 7.31. The molecule has 28 heavy (non-hydrogen) atoms. The van der Waals surface area contributed by atoms with Crippen LogP contribution < -0.4 is 15.1 Å². The first-order valence-corrected chi connectivity index (χ1v) is 10.8. The molecule has 2 fully saturated rings. The molecule has 0 aromatic heterocycles. The summed E-state index contributed by atoms with van der Waals surface area (Å²) >= 11 is 0. The topological polar surface area (TPSA) is 63.1 Å². The largest absolute Gasteiger partial charge is 0.466 e. The molecule has 2 aliphatic rings. The third kappa shape index (κ3) is 5.25. The average molecular weight is 389 g/mol. The lowest BCUT2D eigenvalue weighted by molar-refractivity contribution is -0.919. The summed E-state index contributed by atoms with van der Waals surface area (Å²) < 4.78 is 5.13. The van der Waals surface area contributed by atoms with E-state index in [0.717, 1.165) is 44.7 Å². The van der Waals surface area contributed by atoms with Crippen molar-refractivity contribution in [3.05, 3.63) is 24.3 Å². The molecule has 2 aliphatic heterocycles. The molecule has 3 rings (SSSR count). The van der Waals surface area contributed by atoms with Crippen LogP contribution in [0.15, 0.2) is 24.3 Å². The number of quaternary nitrogens is 1. The molecule has 0 radical (unpaired) electrons. The Morgan fingerprint density at radius 1 is 1.14 bits per heavy atom. The van der Waals surface area contributed by atoms with E-state index in [4.69, 9.17) is 4.74 Å². The first-order chi connectivity index (χ1) is 13.6. The van der Waals surface area contributed by atoms with Crippen LogP contribution in [-0.4, -0.2) is 50.7 Å². The highest BCUT2D eigenvalue weighted by Crippen LogP contribution is 2.22. The Labute approximate surface area is 168 Å². The predicted octanol–water partition coefficient (Wildman–Crippen LogP) is 1.86. The van der Waals surface area contributed by atoms with Gasteiger partial charge in [-0.1, -0.05) is 0 Å². The second-order valence-electron chi connectivity index (χ2n) is 7.99. The minimum atomic E-state index is -0.134. The van der Waals surface area contributed by atoms with Gasteiger partial charge in [0.2, 0.25) is 0 Å². The minimum absolute atomic E-state index is 0.0127. The van der Waals surface area contributed by atoms with Gasteiger partial charge in [0, 0.05) is 37.3 Å². The summed E-state index contributed by atoms with van der Waals surface area (Å²) in [5.74, 6) is -0.0657. The monoisotopic (exact) mass is 388 g/mol. The summed E-state index contributed by atoms with van der Waals surface area (Å²) in [6.07, 6.45) is 5.41. The predicted molar refractivity (Wildman–Crippen MR) is 111 cm³/mol. The molecule has 1 amide bonds. The molecule has 0 aliphatic carbocycles. The van der Waals surface area contributed by atoms with E-state index in [0.29, 0.717) is 6.61 Å². The number of piperidine rings is 2. The van der Waals surface area contributed by atoms with Crippen molar-refractivity contribution in [2.24, 2.45) is 5.92 Å². The molecule has 154 valence electrons. The molecule has 1 atom stereocenters. The van der Waals surface area contributed by atoms with Crippen LogP contribution in [0.4, 0.5) is 11.4 Å². The molecule has 0 saturated carbocycles. The highest BCUT2D eigenvalue weighted by Gasteiger charge is 2.33. The van der Waals surface area contributed by atoms with E-state index >= 15 is 0 Å². The van der Waals surface area contributed by atoms with Crippen LogP contribution in [0.1, 0.15) is 46.0 Å². The lowest BCUT2D eigenvalue weighted by Crippen LogP contribution is -3.17. The Bertz CT molecular complexity index is 647. The maximum atomic E-state index is 12.7. The molecule has 0 spiro atoms. The molecular weight excluding hydrogens is 354 g/mol. The molecule has 2 saturated heterocycles. The number of likely N-dealkylation sites (tertiary alicyclic amines) is 1. The number of nitrogens with zero attached hydrogens (tertiary/aromatic N) is 1. The highest BCUT2D eigenvalue weighted by molar-refractivity contribution is 5.93. The van der Waals surface area contributed by atoms with E-state index in [2.05, 4.69) is 22.3 Å². The van der Waals surface area contributed by atoms with Gasteiger partial charge >= 0.3 is 5.97 Å². The van der Waals surface area contributed by atoms with Crippen molar-refractivity contribution < 1.29 is 19.2 Å². The van der Waals surface area contributed by atoms with Crippen LogP contribution in [0.25, 0.3) is 0 Å². The van der Waals surface area contributed by atoms with Gasteiger partial charge in [-0.3, -0.25) is 9.59 Å². The van der Waals surface area contributed by atoms with Gasteiger partial charge in [0.15, 0.2) is 6.04 Å². The van der Waals surface area contributed by atoms with E-state index in [9.17, 15) is 9.59 Å².